The third kappa shape index (κ3) is 3.13. The molecule has 2 aromatic carbocycles. The number of nitrogens with zero attached hydrogens (tertiary/aromatic N) is 6. The molecule has 5 aromatic rings. The second-order valence-electron chi connectivity index (χ2n) is 8.71. The van der Waals surface area contributed by atoms with E-state index >= 15 is 0 Å². The van der Waals surface area contributed by atoms with E-state index in [1.54, 1.807) is 11.6 Å². The Morgan fingerprint density at radius 1 is 1.09 bits per heavy atom. The molecule has 1 aliphatic heterocycles. The fourth-order valence-electron chi connectivity index (χ4n) is 4.76. The number of fused-ring (bicyclic) bond motifs is 4. The first-order chi connectivity index (χ1) is 15.6. The van der Waals surface area contributed by atoms with Crippen LogP contribution in [0, 0.1) is 6.92 Å². The number of likely N-dealkylation sites (tertiary alicyclic amines) is 1. The van der Waals surface area contributed by atoms with Gasteiger partial charge in [0.15, 0.2) is 5.82 Å². The van der Waals surface area contributed by atoms with Gasteiger partial charge in [-0.15, -0.1) is 21.5 Å². The quantitative estimate of drug-likeness (QED) is 0.422. The lowest BCUT2D eigenvalue weighted by atomic mass is 9.97. The molecule has 1 fully saturated rings. The zero-order valence-electron chi connectivity index (χ0n) is 18.2. The van der Waals surface area contributed by atoms with E-state index in [0.717, 1.165) is 54.9 Å². The average Bonchev–Trinajstić information content (AvgIpc) is 3.43. The number of aromatic nitrogens is 5. The van der Waals surface area contributed by atoms with E-state index in [9.17, 15) is 4.79 Å². The zero-order chi connectivity index (χ0) is 21.8. The van der Waals surface area contributed by atoms with Crippen molar-refractivity contribution in [3.05, 3.63) is 69.2 Å². The normalized spacial score (nSPS) is 15.9. The molecule has 0 amide bonds. The number of benzene rings is 2. The van der Waals surface area contributed by atoms with E-state index in [1.807, 2.05) is 40.9 Å². The maximum Gasteiger partial charge on any atom is 0.262 e. The molecule has 0 bridgehead atoms. The van der Waals surface area contributed by atoms with E-state index < -0.39 is 0 Å². The molecule has 0 saturated carbocycles. The zero-order valence-corrected chi connectivity index (χ0v) is 19.0. The minimum Gasteiger partial charge on any atom is -0.296 e. The fourth-order valence-corrected chi connectivity index (χ4v) is 5.90. The molecule has 0 radical (unpaired) electrons. The highest BCUT2D eigenvalue weighted by Gasteiger charge is 2.25. The number of para-hydroxylation sites is 1. The first kappa shape index (κ1) is 19.6. The number of thiazole rings is 1. The summed E-state index contributed by atoms with van der Waals surface area (Å²) in [4.78, 5) is 20.1. The molecule has 0 aliphatic carbocycles. The second kappa shape index (κ2) is 7.50. The predicted octanol–water partition coefficient (Wildman–Crippen LogP) is 3.88. The number of piperidine rings is 1. The highest BCUT2D eigenvalue weighted by molar-refractivity contribution is 7.18. The Morgan fingerprint density at radius 3 is 2.72 bits per heavy atom. The summed E-state index contributed by atoms with van der Waals surface area (Å²) in [6.07, 6.45) is 2.18. The Morgan fingerprint density at radius 2 is 1.91 bits per heavy atom. The van der Waals surface area contributed by atoms with Crippen molar-refractivity contribution >= 4 is 38.2 Å². The standard InChI is InChI=1S/C24H24N6OS/c1-15-7-8-19-17(13-15)23(31)28(2)24-27-26-21(30(19)24)14-29-11-9-16(10-12-29)22-25-18-5-3-4-6-20(18)32-22/h3-8,13,16H,9-12,14H2,1-2H3. The number of rotatable bonds is 3. The SMILES string of the molecule is Cc1ccc2c(c1)c(=O)n(C)c1nnc(CN3CCC(c4nc5ccccc5s4)CC3)n21. The molecule has 0 spiro atoms. The van der Waals surface area contributed by atoms with E-state index in [-0.39, 0.29) is 5.56 Å². The van der Waals surface area contributed by atoms with Crippen molar-refractivity contribution < 1.29 is 0 Å². The van der Waals surface area contributed by atoms with Crippen LogP contribution in [-0.2, 0) is 13.6 Å². The maximum atomic E-state index is 12.8. The van der Waals surface area contributed by atoms with Crippen molar-refractivity contribution in [2.75, 3.05) is 13.1 Å². The summed E-state index contributed by atoms with van der Waals surface area (Å²) in [5.41, 5.74) is 3.02. The van der Waals surface area contributed by atoms with Crippen molar-refractivity contribution in [3.63, 3.8) is 0 Å². The topological polar surface area (TPSA) is 68.3 Å². The molecule has 162 valence electrons. The Hall–Kier alpha value is -3.10. The van der Waals surface area contributed by atoms with Crippen molar-refractivity contribution in [3.8, 4) is 0 Å². The summed E-state index contributed by atoms with van der Waals surface area (Å²) in [6.45, 7) is 4.72. The van der Waals surface area contributed by atoms with Crippen LogP contribution in [0.4, 0.5) is 0 Å². The Labute approximate surface area is 189 Å². The van der Waals surface area contributed by atoms with Gasteiger partial charge in [0.25, 0.3) is 5.56 Å². The van der Waals surface area contributed by atoms with E-state index in [0.29, 0.717) is 17.1 Å². The third-order valence-electron chi connectivity index (χ3n) is 6.55. The van der Waals surface area contributed by atoms with Crippen LogP contribution in [0.1, 0.15) is 35.2 Å². The van der Waals surface area contributed by atoms with Crippen LogP contribution in [0.3, 0.4) is 0 Å². The van der Waals surface area contributed by atoms with Gasteiger partial charge in [-0.05, 0) is 57.1 Å². The number of hydrogen-bond donors (Lipinski definition) is 0. The maximum absolute atomic E-state index is 12.8. The molecule has 3 aromatic heterocycles. The van der Waals surface area contributed by atoms with Crippen LogP contribution in [0.15, 0.2) is 47.3 Å². The molecule has 4 heterocycles. The molecule has 1 saturated heterocycles. The van der Waals surface area contributed by atoms with Gasteiger partial charge in [0.2, 0.25) is 5.78 Å². The summed E-state index contributed by atoms with van der Waals surface area (Å²) in [5, 5.41) is 10.8. The molecular formula is C24H24N6OS. The Bertz CT molecular complexity index is 1490. The smallest absolute Gasteiger partial charge is 0.262 e. The minimum atomic E-state index is -0.0354. The van der Waals surface area contributed by atoms with Crippen LogP contribution in [0.5, 0.6) is 0 Å². The van der Waals surface area contributed by atoms with Crippen molar-refractivity contribution in [2.24, 2.45) is 7.05 Å². The highest BCUT2D eigenvalue weighted by Crippen LogP contribution is 2.34. The van der Waals surface area contributed by atoms with Gasteiger partial charge in [0, 0.05) is 13.0 Å². The monoisotopic (exact) mass is 444 g/mol. The molecule has 1 aliphatic rings. The fraction of sp³-hybridized carbons (Fsp3) is 0.333. The van der Waals surface area contributed by atoms with Crippen LogP contribution < -0.4 is 5.56 Å². The van der Waals surface area contributed by atoms with Gasteiger partial charge in [0.1, 0.15) is 0 Å². The van der Waals surface area contributed by atoms with Crippen LogP contribution in [0.2, 0.25) is 0 Å². The van der Waals surface area contributed by atoms with Crippen molar-refractivity contribution in [2.45, 2.75) is 32.2 Å². The Balaban J connectivity index is 1.27. The third-order valence-corrected chi connectivity index (χ3v) is 7.75. The summed E-state index contributed by atoms with van der Waals surface area (Å²) >= 11 is 1.83. The predicted molar refractivity (Wildman–Crippen MR) is 127 cm³/mol. The lowest BCUT2D eigenvalue weighted by Crippen LogP contribution is -2.33. The van der Waals surface area contributed by atoms with Gasteiger partial charge >= 0.3 is 0 Å². The van der Waals surface area contributed by atoms with E-state index in [4.69, 9.17) is 4.98 Å². The van der Waals surface area contributed by atoms with E-state index in [1.165, 1.54) is 9.71 Å². The minimum absolute atomic E-state index is 0.0354. The van der Waals surface area contributed by atoms with Crippen LogP contribution >= 0.6 is 11.3 Å². The van der Waals surface area contributed by atoms with Crippen LogP contribution in [-0.4, -0.2) is 42.1 Å². The molecule has 0 atom stereocenters. The molecule has 7 nitrogen and oxygen atoms in total. The first-order valence-corrected chi connectivity index (χ1v) is 11.8. The van der Waals surface area contributed by atoms with E-state index in [2.05, 4.69) is 39.4 Å². The highest BCUT2D eigenvalue weighted by atomic mass is 32.1. The summed E-state index contributed by atoms with van der Waals surface area (Å²) in [5.74, 6) is 1.98. The molecule has 0 unspecified atom stereocenters. The lowest BCUT2D eigenvalue weighted by molar-refractivity contribution is 0.200. The first-order valence-electron chi connectivity index (χ1n) is 11.0. The molecule has 0 N–H and O–H groups in total. The summed E-state index contributed by atoms with van der Waals surface area (Å²) in [6, 6.07) is 14.4. The van der Waals surface area contributed by atoms with Gasteiger partial charge in [-0.3, -0.25) is 18.7 Å². The molecule has 6 rings (SSSR count). The summed E-state index contributed by atoms with van der Waals surface area (Å²) < 4.78 is 4.90. The van der Waals surface area contributed by atoms with Gasteiger partial charge in [-0.1, -0.05) is 23.8 Å². The second-order valence-corrected chi connectivity index (χ2v) is 9.77. The average molecular weight is 445 g/mol. The van der Waals surface area contributed by atoms with Gasteiger partial charge in [-0.25, -0.2) is 4.98 Å². The summed E-state index contributed by atoms with van der Waals surface area (Å²) in [7, 11) is 1.77. The number of hydrogen-bond acceptors (Lipinski definition) is 6. The molecular weight excluding hydrogens is 420 g/mol. The van der Waals surface area contributed by atoms with Crippen LogP contribution in [0.25, 0.3) is 26.9 Å². The van der Waals surface area contributed by atoms with Gasteiger partial charge < -0.3 is 0 Å². The molecule has 32 heavy (non-hydrogen) atoms. The van der Waals surface area contributed by atoms with Gasteiger partial charge in [-0.2, -0.15) is 0 Å². The van der Waals surface area contributed by atoms with Gasteiger partial charge in [0.05, 0.1) is 32.7 Å². The largest absolute Gasteiger partial charge is 0.296 e. The van der Waals surface area contributed by atoms with Crippen molar-refractivity contribution in [1.29, 1.82) is 0 Å². The van der Waals surface area contributed by atoms with Crippen molar-refractivity contribution in [1.82, 2.24) is 29.0 Å². The molecule has 8 heteroatoms. The lowest BCUT2D eigenvalue weighted by Gasteiger charge is -2.30. The Kier molecular flexibility index (Phi) is 4.58. The number of aryl methyl sites for hydroxylation is 2.